The maximum absolute atomic E-state index is 12.0. The number of hydrogen-bond donors (Lipinski definition) is 2. The van der Waals surface area contributed by atoms with E-state index in [0.29, 0.717) is 12.0 Å². The van der Waals surface area contributed by atoms with Crippen LogP contribution in [0.1, 0.15) is 26.2 Å². The summed E-state index contributed by atoms with van der Waals surface area (Å²) < 4.78 is 5.02. The zero-order chi connectivity index (χ0) is 11.6. The van der Waals surface area contributed by atoms with Crippen LogP contribution in [0.25, 0.3) is 0 Å². The Morgan fingerprint density at radius 3 is 2.88 bits per heavy atom. The third-order valence-electron chi connectivity index (χ3n) is 3.91. The Hall–Kier alpha value is -0.610. The Labute approximate surface area is 97.1 Å². The molecule has 1 saturated carbocycles. The number of ether oxygens (including phenoxy) is 1. The quantitative estimate of drug-likeness (QED) is 0.735. The maximum atomic E-state index is 12.0. The third-order valence-corrected chi connectivity index (χ3v) is 3.91. The van der Waals surface area contributed by atoms with Crippen LogP contribution in [-0.4, -0.2) is 38.8 Å². The molecule has 2 rings (SSSR count). The molecule has 0 aromatic carbocycles. The zero-order valence-electron chi connectivity index (χ0n) is 10.2. The lowest BCUT2D eigenvalue weighted by atomic mass is 9.91. The minimum Gasteiger partial charge on any atom is -0.383 e. The third kappa shape index (κ3) is 2.38. The molecule has 1 aliphatic carbocycles. The highest BCUT2D eigenvalue weighted by Crippen LogP contribution is 2.58. The van der Waals surface area contributed by atoms with E-state index in [-0.39, 0.29) is 17.9 Å². The summed E-state index contributed by atoms with van der Waals surface area (Å²) in [5, 5.41) is 6.38. The molecule has 1 heterocycles. The van der Waals surface area contributed by atoms with Crippen LogP contribution in [0, 0.1) is 11.3 Å². The monoisotopic (exact) mass is 226 g/mol. The van der Waals surface area contributed by atoms with Gasteiger partial charge in [0.2, 0.25) is 5.91 Å². The lowest BCUT2D eigenvalue weighted by molar-refractivity contribution is -0.124. The molecule has 0 aromatic rings. The predicted octanol–water partition coefficient (Wildman–Crippen LogP) is 0.527. The Morgan fingerprint density at radius 1 is 1.56 bits per heavy atom. The molecule has 2 atom stereocenters. The number of nitrogens with one attached hydrogen (secondary N) is 2. The molecule has 4 heteroatoms. The Morgan fingerprint density at radius 2 is 2.25 bits per heavy atom. The molecular weight excluding hydrogens is 204 g/mol. The summed E-state index contributed by atoms with van der Waals surface area (Å²) >= 11 is 0. The fourth-order valence-electron chi connectivity index (χ4n) is 2.83. The SMILES string of the molecule is COCC(C)NC(=O)C1CC12CCNCC2. The van der Waals surface area contributed by atoms with Crippen LogP contribution in [0.15, 0.2) is 0 Å². The fraction of sp³-hybridized carbons (Fsp3) is 0.917. The molecule has 2 aliphatic rings. The van der Waals surface area contributed by atoms with Crippen LogP contribution in [0.5, 0.6) is 0 Å². The molecular formula is C12H22N2O2. The normalized spacial score (nSPS) is 28.8. The van der Waals surface area contributed by atoms with E-state index in [0.717, 1.165) is 32.4 Å². The Bertz CT molecular complexity index is 262. The number of carbonyl (C=O) groups excluding carboxylic acids is 1. The molecule has 1 amide bonds. The van der Waals surface area contributed by atoms with E-state index in [9.17, 15) is 4.79 Å². The Kier molecular flexibility index (Phi) is 3.50. The van der Waals surface area contributed by atoms with Gasteiger partial charge in [-0.2, -0.15) is 0 Å². The van der Waals surface area contributed by atoms with E-state index in [1.807, 2.05) is 6.92 Å². The highest BCUT2D eigenvalue weighted by Gasteiger charge is 2.57. The van der Waals surface area contributed by atoms with Crippen molar-refractivity contribution in [1.29, 1.82) is 0 Å². The summed E-state index contributed by atoms with van der Waals surface area (Å²) in [5.74, 6) is 0.486. The molecule has 0 radical (unpaired) electrons. The molecule has 0 aromatic heterocycles. The van der Waals surface area contributed by atoms with Crippen LogP contribution in [0.4, 0.5) is 0 Å². The van der Waals surface area contributed by atoms with Crippen molar-refractivity contribution in [3.05, 3.63) is 0 Å². The van der Waals surface area contributed by atoms with Crippen molar-refractivity contribution in [3.63, 3.8) is 0 Å². The van der Waals surface area contributed by atoms with Crippen LogP contribution >= 0.6 is 0 Å². The molecule has 16 heavy (non-hydrogen) atoms. The summed E-state index contributed by atoms with van der Waals surface area (Å²) in [5.41, 5.74) is 0.335. The minimum atomic E-state index is 0.122. The first kappa shape index (κ1) is 11.9. The van der Waals surface area contributed by atoms with Crippen LogP contribution in [0.3, 0.4) is 0 Å². The van der Waals surface area contributed by atoms with Crippen LogP contribution in [0.2, 0.25) is 0 Å². The van der Waals surface area contributed by atoms with Crippen molar-refractivity contribution in [3.8, 4) is 0 Å². The van der Waals surface area contributed by atoms with E-state index >= 15 is 0 Å². The first-order chi connectivity index (χ1) is 7.68. The molecule has 92 valence electrons. The highest BCUT2D eigenvalue weighted by atomic mass is 16.5. The van der Waals surface area contributed by atoms with Gasteiger partial charge < -0.3 is 15.4 Å². The van der Waals surface area contributed by atoms with Gasteiger partial charge in [0.05, 0.1) is 6.61 Å². The number of hydrogen-bond acceptors (Lipinski definition) is 3. The van der Waals surface area contributed by atoms with Gasteiger partial charge in [0.15, 0.2) is 0 Å². The molecule has 1 spiro atoms. The van der Waals surface area contributed by atoms with Gasteiger partial charge >= 0.3 is 0 Å². The van der Waals surface area contributed by atoms with E-state index in [1.54, 1.807) is 7.11 Å². The fourth-order valence-corrected chi connectivity index (χ4v) is 2.83. The molecule has 2 fully saturated rings. The van der Waals surface area contributed by atoms with E-state index in [1.165, 1.54) is 0 Å². The van der Waals surface area contributed by atoms with Crippen molar-refractivity contribution >= 4 is 5.91 Å². The van der Waals surface area contributed by atoms with Crippen LogP contribution in [-0.2, 0) is 9.53 Å². The number of carbonyl (C=O) groups is 1. The molecule has 1 saturated heterocycles. The lowest BCUT2D eigenvalue weighted by Crippen LogP contribution is -2.39. The average molecular weight is 226 g/mol. The maximum Gasteiger partial charge on any atom is 0.223 e. The van der Waals surface area contributed by atoms with Crippen molar-refractivity contribution in [2.24, 2.45) is 11.3 Å². The average Bonchev–Trinajstić information content (AvgIpc) is 2.93. The van der Waals surface area contributed by atoms with Gasteiger partial charge in [-0.3, -0.25) is 4.79 Å². The minimum absolute atomic E-state index is 0.122. The number of methoxy groups -OCH3 is 1. The standard InChI is InChI=1S/C12H22N2O2/c1-9(8-16-2)14-11(15)10-7-12(10)3-5-13-6-4-12/h9-10,13H,3-8H2,1-2H3,(H,14,15). The number of rotatable bonds is 4. The second kappa shape index (κ2) is 4.72. The van der Waals surface area contributed by atoms with E-state index in [2.05, 4.69) is 10.6 Å². The molecule has 2 unspecified atom stereocenters. The summed E-state index contributed by atoms with van der Waals surface area (Å²) in [6.45, 7) is 4.71. The molecule has 0 bridgehead atoms. The summed E-state index contributed by atoms with van der Waals surface area (Å²) in [6.07, 6.45) is 3.40. The van der Waals surface area contributed by atoms with Gasteiger partial charge in [0, 0.05) is 19.1 Å². The van der Waals surface area contributed by atoms with Crippen LogP contribution < -0.4 is 10.6 Å². The lowest BCUT2D eigenvalue weighted by Gasteiger charge is -2.23. The van der Waals surface area contributed by atoms with Gasteiger partial charge in [-0.1, -0.05) is 0 Å². The summed E-state index contributed by atoms with van der Waals surface area (Å²) in [6, 6.07) is 0.122. The van der Waals surface area contributed by atoms with E-state index < -0.39 is 0 Å². The molecule has 2 N–H and O–H groups in total. The van der Waals surface area contributed by atoms with Crippen molar-refractivity contribution in [1.82, 2.24) is 10.6 Å². The largest absolute Gasteiger partial charge is 0.383 e. The smallest absolute Gasteiger partial charge is 0.223 e. The molecule has 4 nitrogen and oxygen atoms in total. The van der Waals surface area contributed by atoms with Gasteiger partial charge in [-0.05, 0) is 44.7 Å². The van der Waals surface area contributed by atoms with Crippen molar-refractivity contribution < 1.29 is 9.53 Å². The summed E-state index contributed by atoms with van der Waals surface area (Å²) in [7, 11) is 1.66. The zero-order valence-corrected chi connectivity index (χ0v) is 10.2. The highest BCUT2D eigenvalue weighted by molar-refractivity contribution is 5.82. The first-order valence-electron chi connectivity index (χ1n) is 6.18. The second-order valence-electron chi connectivity index (χ2n) is 5.23. The van der Waals surface area contributed by atoms with E-state index in [4.69, 9.17) is 4.74 Å². The topological polar surface area (TPSA) is 50.4 Å². The predicted molar refractivity (Wildman–Crippen MR) is 62.1 cm³/mol. The molecule has 1 aliphatic heterocycles. The van der Waals surface area contributed by atoms with Gasteiger partial charge in [0.1, 0.15) is 0 Å². The first-order valence-corrected chi connectivity index (χ1v) is 6.18. The van der Waals surface area contributed by atoms with Crippen molar-refractivity contribution in [2.75, 3.05) is 26.8 Å². The van der Waals surface area contributed by atoms with Gasteiger partial charge in [-0.25, -0.2) is 0 Å². The van der Waals surface area contributed by atoms with Crippen molar-refractivity contribution in [2.45, 2.75) is 32.2 Å². The second-order valence-corrected chi connectivity index (χ2v) is 5.23. The summed E-state index contributed by atoms with van der Waals surface area (Å²) in [4.78, 5) is 12.0. The Balaban J connectivity index is 1.79. The van der Waals surface area contributed by atoms with Gasteiger partial charge in [-0.15, -0.1) is 0 Å². The number of amides is 1. The van der Waals surface area contributed by atoms with Gasteiger partial charge in [0.25, 0.3) is 0 Å². The number of piperidine rings is 1.